The molecule has 0 aromatic heterocycles. The summed E-state index contributed by atoms with van der Waals surface area (Å²) < 4.78 is 42.9. The number of amides is 1. The lowest BCUT2D eigenvalue weighted by Gasteiger charge is -2.37. The van der Waals surface area contributed by atoms with Gasteiger partial charge in [-0.25, -0.2) is 13.2 Å². The van der Waals surface area contributed by atoms with Gasteiger partial charge in [-0.2, -0.15) is 0 Å². The van der Waals surface area contributed by atoms with E-state index in [-0.39, 0.29) is 24.3 Å². The number of piperidine rings is 2. The molecule has 2 aromatic carbocycles. The molecule has 10 heteroatoms. The summed E-state index contributed by atoms with van der Waals surface area (Å²) in [5.74, 6) is -3.50. The Bertz CT molecular complexity index is 1700. The molecule has 282 valence electrons. The number of benzene rings is 2. The maximum Gasteiger partial charge on any atom is 0.263 e. The van der Waals surface area contributed by atoms with E-state index in [1.807, 2.05) is 22.9 Å². The number of likely N-dealkylation sites (N-methyl/N-ethyl adjacent to an activating group) is 1. The minimum atomic E-state index is -2.60. The fraction of sp³-hybridized carbons (Fsp3) is 0.500. The molecule has 2 atom stereocenters. The van der Waals surface area contributed by atoms with Gasteiger partial charge in [-0.3, -0.25) is 9.69 Å². The molecule has 0 spiro atoms. The van der Waals surface area contributed by atoms with E-state index in [1.165, 1.54) is 45.0 Å². The molecule has 4 aliphatic heterocycles. The molecule has 0 aliphatic carbocycles. The molecule has 52 heavy (non-hydrogen) atoms. The van der Waals surface area contributed by atoms with Crippen molar-refractivity contribution in [1.29, 1.82) is 0 Å². The Balaban J connectivity index is 0.000000210. The molecule has 2 aromatic rings. The van der Waals surface area contributed by atoms with Crippen LogP contribution >= 0.6 is 0 Å². The summed E-state index contributed by atoms with van der Waals surface area (Å²) in [7, 11) is 2.03. The normalized spacial score (nSPS) is 22.5. The van der Waals surface area contributed by atoms with Crippen LogP contribution < -0.4 is 20.9 Å². The van der Waals surface area contributed by atoms with Gasteiger partial charge in [-0.1, -0.05) is 46.1 Å². The lowest BCUT2D eigenvalue weighted by atomic mass is 9.86. The van der Waals surface area contributed by atoms with Crippen molar-refractivity contribution in [3.05, 3.63) is 100 Å². The Morgan fingerprint density at radius 2 is 1.65 bits per heavy atom. The monoisotopic (exact) mass is 718 g/mol. The topological polar surface area (TPSA) is 62.9 Å². The van der Waals surface area contributed by atoms with Gasteiger partial charge in [0.15, 0.2) is 0 Å². The second-order valence-electron chi connectivity index (χ2n) is 14.7. The number of rotatable bonds is 8. The van der Waals surface area contributed by atoms with E-state index in [1.54, 1.807) is 13.0 Å². The Morgan fingerprint density at radius 3 is 2.25 bits per heavy atom. The van der Waals surface area contributed by atoms with Crippen molar-refractivity contribution in [2.24, 2.45) is 5.92 Å². The van der Waals surface area contributed by atoms with Crippen LogP contribution in [-0.4, -0.2) is 74.0 Å². The summed E-state index contributed by atoms with van der Waals surface area (Å²) in [6.45, 7) is 22.7. The van der Waals surface area contributed by atoms with Crippen molar-refractivity contribution in [1.82, 2.24) is 20.4 Å². The first-order valence-electron chi connectivity index (χ1n) is 18.8. The molecule has 0 bridgehead atoms. The number of hydrogen-bond acceptors (Lipinski definition) is 6. The summed E-state index contributed by atoms with van der Waals surface area (Å²) in [4.78, 5) is 17.9. The molecule has 0 radical (unpaired) electrons. The largest absolute Gasteiger partial charge is 0.374 e. The van der Waals surface area contributed by atoms with Crippen LogP contribution in [0.5, 0.6) is 0 Å². The molecule has 4 heterocycles. The first kappa shape index (κ1) is 39.2. The maximum atomic E-state index is 14.3. The molecule has 7 nitrogen and oxygen atoms in total. The third-order valence-electron chi connectivity index (χ3n) is 11.2. The summed E-state index contributed by atoms with van der Waals surface area (Å²) >= 11 is 0. The fourth-order valence-corrected chi connectivity index (χ4v) is 7.48. The lowest BCUT2D eigenvalue weighted by Crippen LogP contribution is -2.47. The number of nitrogens with zero attached hydrogens (tertiary/aromatic N) is 3. The van der Waals surface area contributed by atoms with Crippen LogP contribution in [0.1, 0.15) is 76.1 Å². The highest BCUT2D eigenvalue weighted by Crippen LogP contribution is 2.37. The second kappa shape index (κ2) is 16.8. The van der Waals surface area contributed by atoms with Gasteiger partial charge in [0, 0.05) is 74.5 Å². The average molecular weight is 719 g/mol. The Labute approximate surface area is 308 Å². The van der Waals surface area contributed by atoms with Crippen LogP contribution in [0.2, 0.25) is 0 Å². The van der Waals surface area contributed by atoms with Gasteiger partial charge < -0.3 is 25.8 Å². The first-order valence-corrected chi connectivity index (χ1v) is 18.8. The quantitative estimate of drug-likeness (QED) is 0.259. The summed E-state index contributed by atoms with van der Waals surface area (Å²) in [6.07, 6.45) is 5.92. The van der Waals surface area contributed by atoms with Crippen LogP contribution in [0.3, 0.4) is 0 Å². The number of carbonyl (C=O) groups is 1. The van der Waals surface area contributed by atoms with Crippen molar-refractivity contribution in [2.45, 2.75) is 85.2 Å². The molecule has 6 rings (SSSR count). The van der Waals surface area contributed by atoms with E-state index in [4.69, 9.17) is 0 Å². The van der Waals surface area contributed by atoms with Crippen molar-refractivity contribution >= 4 is 22.9 Å². The number of hydrogen-bond donors (Lipinski definition) is 3. The Kier molecular flexibility index (Phi) is 12.6. The minimum Gasteiger partial charge on any atom is -0.374 e. The first-order chi connectivity index (χ1) is 24.7. The van der Waals surface area contributed by atoms with Crippen LogP contribution in [0.25, 0.3) is 5.57 Å². The van der Waals surface area contributed by atoms with E-state index >= 15 is 0 Å². The number of alkyl halides is 2. The minimum absolute atomic E-state index is 0.108. The van der Waals surface area contributed by atoms with E-state index in [0.717, 1.165) is 63.4 Å². The maximum absolute atomic E-state index is 14.3. The number of halogens is 3. The highest BCUT2D eigenvalue weighted by Gasteiger charge is 2.41. The van der Waals surface area contributed by atoms with Crippen molar-refractivity contribution in [3.63, 3.8) is 0 Å². The highest BCUT2D eigenvalue weighted by molar-refractivity contribution is 5.87. The van der Waals surface area contributed by atoms with Gasteiger partial charge in [0.2, 0.25) is 5.91 Å². The number of nitrogens with one attached hydrogen (secondary N) is 3. The van der Waals surface area contributed by atoms with E-state index in [9.17, 15) is 18.0 Å². The third-order valence-corrected chi connectivity index (χ3v) is 11.2. The van der Waals surface area contributed by atoms with E-state index < -0.39 is 11.8 Å². The predicted octanol–water partition coefficient (Wildman–Crippen LogP) is 7.86. The van der Waals surface area contributed by atoms with Crippen LogP contribution in [-0.2, 0) is 24.2 Å². The van der Waals surface area contributed by atoms with Crippen LogP contribution in [0.15, 0.2) is 72.2 Å². The number of piperazine rings is 1. The van der Waals surface area contributed by atoms with Crippen LogP contribution in [0, 0.1) is 11.7 Å². The molecular formula is C42H57F3N6O. The fourth-order valence-electron chi connectivity index (χ4n) is 7.48. The molecular weight excluding hydrogens is 661 g/mol. The lowest BCUT2D eigenvalue weighted by molar-refractivity contribution is -0.122. The molecule has 4 aliphatic rings. The summed E-state index contributed by atoms with van der Waals surface area (Å²) in [6, 6.07) is 9.27. The molecule has 0 saturated carbocycles. The molecule has 3 fully saturated rings. The SMILES string of the molecule is C=C1C(C)=C(C)C(c2cc(CC)c(CN3CCC(C)C(F)(F)C3)c(CC)c2)=CN1C.C=C1CCC(Nc2ccc(N3CCNCC3)c(F)c2)C(=O)N1. The molecule has 2 unspecified atom stereocenters. The third kappa shape index (κ3) is 8.94. The summed E-state index contributed by atoms with van der Waals surface area (Å²) in [5.41, 5.74) is 11.7. The zero-order valence-electron chi connectivity index (χ0n) is 31.9. The zero-order chi connectivity index (χ0) is 37.7. The predicted molar refractivity (Wildman–Crippen MR) is 208 cm³/mol. The van der Waals surface area contributed by atoms with Gasteiger partial charge in [-0.15, -0.1) is 0 Å². The van der Waals surface area contributed by atoms with Gasteiger partial charge in [0.25, 0.3) is 5.92 Å². The average Bonchev–Trinajstić information content (AvgIpc) is 3.12. The zero-order valence-corrected chi connectivity index (χ0v) is 31.9. The van der Waals surface area contributed by atoms with Gasteiger partial charge in [-0.05, 0) is 104 Å². The number of aryl methyl sites for hydroxylation is 2. The summed E-state index contributed by atoms with van der Waals surface area (Å²) in [5, 5.41) is 9.07. The number of anilines is 2. The van der Waals surface area contributed by atoms with Crippen LogP contribution in [0.4, 0.5) is 24.5 Å². The van der Waals surface area contributed by atoms with Gasteiger partial charge in [0.05, 0.1) is 12.2 Å². The van der Waals surface area contributed by atoms with E-state index in [2.05, 4.69) is 80.0 Å². The number of carbonyl (C=O) groups excluding carboxylic acids is 1. The molecule has 1 amide bonds. The number of allylic oxidation sites excluding steroid dienone is 4. The molecule has 3 saturated heterocycles. The van der Waals surface area contributed by atoms with Crippen molar-refractivity contribution in [3.8, 4) is 0 Å². The Morgan fingerprint density at radius 1 is 0.981 bits per heavy atom. The van der Waals surface area contributed by atoms with E-state index in [0.29, 0.717) is 30.8 Å². The second-order valence-corrected chi connectivity index (χ2v) is 14.7. The standard InChI is InChI=1S/C26H36F2N2.C16H21FN4O/c1-8-21-12-23(24-14-29(7)20(6)18(4)19(24)5)13-22(9-2)25(21)15-30-11-10-17(3)26(27,28)16-30;1-11-2-4-14(16(22)19-11)20-12-3-5-15(13(17)10-12)21-8-6-18-7-9-21/h12-14,17H,6,8-11,15-16H2,1-5,7H3;3,5,10,14,18,20H,1-2,4,6-9H2,(H,19,22). The smallest absolute Gasteiger partial charge is 0.263 e. The van der Waals surface area contributed by atoms with Crippen molar-refractivity contribution < 1.29 is 18.0 Å². The molecule has 3 N–H and O–H groups in total. The highest BCUT2D eigenvalue weighted by atomic mass is 19.3. The van der Waals surface area contributed by atoms with Gasteiger partial charge in [0.1, 0.15) is 11.9 Å². The van der Waals surface area contributed by atoms with Crippen molar-refractivity contribution in [2.75, 3.05) is 56.5 Å². The van der Waals surface area contributed by atoms with Gasteiger partial charge >= 0.3 is 0 Å². The Hall–Kier alpha value is -4.02. The number of likely N-dealkylation sites (tertiary alicyclic amines) is 1.